The lowest BCUT2D eigenvalue weighted by Gasteiger charge is -2.21. The lowest BCUT2D eigenvalue weighted by molar-refractivity contribution is 0.0131. The zero-order valence-corrected chi connectivity index (χ0v) is 14.6. The molecule has 24 heavy (non-hydrogen) atoms. The number of carbonyl (C=O) groups excluding carboxylic acids is 1. The van der Waals surface area contributed by atoms with Crippen molar-refractivity contribution < 1.29 is 19.7 Å². The maximum atomic E-state index is 11.5. The van der Waals surface area contributed by atoms with E-state index in [-0.39, 0.29) is 13.0 Å². The number of fused-ring (bicyclic) bond motifs is 1. The minimum Gasteiger partial charge on any atom is -0.444 e. The molecule has 0 saturated carbocycles. The number of pyridine rings is 1. The van der Waals surface area contributed by atoms with Gasteiger partial charge in [0.05, 0.1) is 11.1 Å². The highest BCUT2D eigenvalue weighted by Crippen LogP contribution is 2.31. The molecule has 2 atom stereocenters. The van der Waals surface area contributed by atoms with Crippen LogP contribution in [0.15, 0.2) is 18.5 Å². The van der Waals surface area contributed by atoms with E-state index >= 15 is 0 Å². The summed E-state index contributed by atoms with van der Waals surface area (Å²) in [4.78, 5) is 18.6. The number of nitrogens with one attached hydrogen (secondary N) is 2. The van der Waals surface area contributed by atoms with Crippen molar-refractivity contribution in [2.75, 3.05) is 6.54 Å². The van der Waals surface area contributed by atoms with Crippen LogP contribution in [-0.4, -0.2) is 44.5 Å². The summed E-state index contributed by atoms with van der Waals surface area (Å²) in [6, 6.07) is 1.62. The molecule has 132 valence electrons. The van der Waals surface area contributed by atoms with Gasteiger partial charge in [-0.2, -0.15) is 0 Å². The smallest absolute Gasteiger partial charge is 0.407 e. The van der Waals surface area contributed by atoms with Gasteiger partial charge in [-0.3, -0.25) is 0 Å². The van der Waals surface area contributed by atoms with Crippen LogP contribution in [0.25, 0.3) is 11.0 Å². The molecule has 8 heteroatoms. The number of rotatable bonds is 5. The van der Waals surface area contributed by atoms with Crippen LogP contribution in [0, 0.1) is 0 Å². The van der Waals surface area contributed by atoms with Crippen molar-refractivity contribution in [3.63, 3.8) is 0 Å². The van der Waals surface area contributed by atoms with Gasteiger partial charge in [-0.1, -0.05) is 11.6 Å². The summed E-state index contributed by atoms with van der Waals surface area (Å²) >= 11 is 6.13. The number of aliphatic hydroxyl groups excluding tert-OH is 2. The fourth-order valence-electron chi connectivity index (χ4n) is 2.28. The van der Waals surface area contributed by atoms with Gasteiger partial charge in [-0.25, -0.2) is 9.78 Å². The van der Waals surface area contributed by atoms with Crippen molar-refractivity contribution in [3.05, 3.63) is 29.0 Å². The molecule has 0 spiro atoms. The Morgan fingerprint density at radius 1 is 1.46 bits per heavy atom. The van der Waals surface area contributed by atoms with Crippen LogP contribution in [-0.2, 0) is 4.74 Å². The molecule has 2 aromatic heterocycles. The summed E-state index contributed by atoms with van der Waals surface area (Å²) in [5, 5.41) is 24.1. The number of halogens is 1. The van der Waals surface area contributed by atoms with E-state index in [0.717, 1.165) is 0 Å². The second kappa shape index (κ2) is 7.38. The van der Waals surface area contributed by atoms with Crippen molar-refractivity contribution in [1.82, 2.24) is 15.3 Å². The normalized spacial score (nSPS) is 14.4. The van der Waals surface area contributed by atoms with E-state index in [1.54, 1.807) is 39.2 Å². The lowest BCUT2D eigenvalue weighted by atomic mass is 10.0. The third-order valence-electron chi connectivity index (χ3n) is 3.34. The number of aliphatic hydroxyl groups is 2. The summed E-state index contributed by atoms with van der Waals surface area (Å²) in [6.07, 6.45) is 0.488. The molecular weight excluding hydrogens is 334 g/mol. The molecule has 0 aliphatic rings. The van der Waals surface area contributed by atoms with Crippen LogP contribution < -0.4 is 5.32 Å². The molecule has 2 unspecified atom stereocenters. The third kappa shape index (κ3) is 4.59. The maximum Gasteiger partial charge on any atom is 0.407 e. The number of aromatic nitrogens is 2. The van der Waals surface area contributed by atoms with Crippen molar-refractivity contribution >= 4 is 28.7 Å². The van der Waals surface area contributed by atoms with Gasteiger partial charge in [0.2, 0.25) is 0 Å². The van der Waals surface area contributed by atoms with Gasteiger partial charge in [-0.05, 0) is 33.3 Å². The first-order valence-corrected chi connectivity index (χ1v) is 8.01. The Morgan fingerprint density at radius 3 is 2.83 bits per heavy atom. The first-order valence-electron chi connectivity index (χ1n) is 7.63. The van der Waals surface area contributed by atoms with E-state index in [9.17, 15) is 15.0 Å². The fourth-order valence-corrected chi connectivity index (χ4v) is 2.53. The molecule has 0 aliphatic heterocycles. The number of hydrogen-bond donors (Lipinski definition) is 4. The van der Waals surface area contributed by atoms with Crippen LogP contribution in [0.3, 0.4) is 0 Å². The quantitative estimate of drug-likeness (QED) is 0.659. The Kier molecular flexibility index (Phi) is 5.69. The monoisotopic (exact) mass is 355 g/mol. The highest BCUT2D eigenvalue weighted by Gasteiger charge is 2.23. The molecule has 7 nitrogen and oxygen atoms in total. The third-order valence-corrected chi connectivity index (χ3v) is 3.66. The van der Waals surface area contributed by atoms with Gasteiger partial charge >= 0.3 is 6.09 Å². The van der Waals surface area contributed by atoms with Crippen molar-refractivity contribution in [2.24, 2.45) is 0 Å². The largest absolute Gasteiger partial charge is 0.444 e. The predicted molar refractivity (Wildman–Crippen MR) is 90.9 cm³/mol. The molecule has 2 heterocycles. The molecule has 1 amide bonds. The number of amides is 1. The van der Waals surface area contributed by atoms with Crippen LogP contribution in [0.1, 0.15) is 38.9 Å². The summed E-state index contributed by atoms with van der Waals surface area (Å²) in [6.45, 7) is 5.46. The summed E-state index contributed by atoms with van der Waals surface area (Å²) in [5.41, 5.74) is 0.416. The molecule has 0 fully saturated rings. The number of H-pyrrole nitrogens is 1. The highest BCUT2D eigenvalue weighted by atomic mass is 35.5. The first-order chi connectivity index (χ1) is 11.2. The summed E-state index contributed by atoms with van der Waals surface area (Å²) < 4.78 is 5.10. The van der Waals surface area contributed by atoms with Gasteiger partial charge in [-0.15, -0.1) is 0 Å². The molecule has 2 aromatic rings. The van der Waals surface area contributed by atoms with E-state index in [2.05, 4.69) is 15.3 Å². The highest BCUT2D eigenvalue weighted by molar-refractivity contribution is 6.35. The lowest BCUT2D eigenvalue weighted by Crippen LogP contribution is -2.34. The second-order valence-corrected chi connectivity index (χ2v) is 6.90. The van der Waals surface area contributed by atoms with E-state index in [4.69, 9.17) is 16.3 Å². The van der Waals surface area contributed by atoms with Crippen LogP contribution in [0.2, 0.25) is 5.02 Å². The molecule has 0 aromatic carbocycles. The van der Waals surface area contributed by atoms with Gasteiger partial charge in [0.1, 0.15) is 17.4 Å². The maximum absolute atomic E-state index is 11.5. The SMILES string of the molecule is CC(C)(C)OC(=O)NCCC(O)C(O)c1c[nH]c2nccc(Cl)c12. The molecular formula is C16H22ClN3O4. The average Bonchev–Trinajstić information content (AvgIpc) is 2.89. The van der Waals surface area contributed by atoms with E-state index in [0.29, 0.717) is 21.6 Å². The molecule has 0 radical (unpaired) electrons. The molecule has 4 N–H and O–H groups in total. The topological polar surface area (TPSA) is 107 Å². The van der Waals surface area contributed by atoms with Gasteiger partial charge in [0.25, 0.3) is 0 Å². The van der Waals surface area contributed by atoms with Crippen LogP contribution >= 0.6 is 11.6 Å². The number of alkyl carbamates (subject to hydrolysis) is 1. The average molecular weight is 356 g/mol. The zero-order chi connectivity index (χ0) is 17.9. The van der Waals surface area contributed by atoms with Crippen LogP contribution in [0.4, 0.5) is 4.79 Å². The first kappa shape index (κ1) is 18.5. The molecule has 0 bridgehead atoms. The Balaban J connectivity index is 1.95. The van der Waals surface area contributed by atoms with E-state index in [1.807, 2.05) is 0 Å². The van der Waals surface area contributed by atoms with Gasteiger partial charge < -0.3 is 25.3 Å². The number of hydrogen-bond acceptors (Lipinski definition) is 5. The minimum atomic E-state index is -1.15. The Morgan fingerprint density at radius 2 is 2.17 bits per heavy atom. The Labute approximate surface area is 145 Å². The summed E-state index contributed by atoms with van der Waals surface area (Å²) in [7, 11) is 0. The van der Waals surface area contributed by atoms with Gasteiger partial charge in [0.15, 0.2) is 0 Å². The standard InChI is InChI=1S/C16H22ClN3O4/c1-16(2,3)24-15(23)19-7-5-11(21)13(22)9-8-20-14-12(9)10(17)4-6-18-14/h4,6,8,11,13,21-22H,5,7H2,1-3H3,(H,18,20)(H,19,23). The molecule has 0 saturated heterocycles. The second-order valence-electron chi connectivity index (χ2n) is 6.49. The van der Waals surface area contributed by atoms with E-state index in [1.165, 1.54) is 0 Å². The summed E-state index contributed by atoms with van der Waals surface area (Å²) in [5.74, 6) is 0. The van der Waals surface area contributed by atoms with Crippen molar-refractivity contribution in [2.45, 2.75) is 45.0 Å². The Bertz CT molecular complexity index is 711. The zero-order valence-electron chi connectivity index (χ0n) is 13.8. The number of nitrogens with zero attached hydrogens (tertiary/aromatic N) is 1. The van der Waals surface area contributed by atoms with Crippen molar-refractivity contribution in [3.8, 4) is 0 Å². The predicted octanol–water partition coefficient (Wildman–Crippen LogP) is 2.53. The minimum absolute atomic E-state index is 0.158. The van der Waals surface area contributed by atoms with E-state index < -0.39 is 23.9 Å². The Hall–Kier alpha value is -1.83. The molecule has 2 rings (SSSR count). The van der Waals surface area contributed by atoms with Gasteiger partial charge in [0, 0.05) is 29.9 Å². The number of aromatic amines is 1. The molecule has 0 aliphatic carbocycles. The number of carbonyl (C=O) groups is 1. The van der Waals surface area contributed by atoms with Crippen LogP contribution in [0.5, 0.6) is 0 Å². The van der Waals surface area contributed by atoms with Crippen molar-refractivity contribution in [1.29, 1.82) is 0 Å². The fraction of sp³-hybridized carbons (Fsp3) is 0.500. The number of ether oxygens (including phenoxy) is 1.